The molecule has 0 saturated carbocycles. The molecule has 19 heavy (non-hydrogen) atoms. The largest absolute Gasteiger partial charge is 0.375 e. The van der Waals surface area contributed by atoms with Gasteiger partial charge in [0.1, 0.15) is 0 Å². The number of nitrogens with one attached hydrogen (secondary N) is 1. The van der Waals surface area contributed by atoms with Crippen molar-refractivity contribution in [2.45, 2.75) is 64.3 Å². The van der Waals surface area contributed by atoms with Crippen molar-refractivity contribution in [2.24, 2.45) is 0 Å². The number of rotatable bonds is 4. The Morgan fingerprint density at radius 2 is 2.00 bits per heavy atom. The minimum Gasteiger partial charge on any atom is -0.375 e. The van der Waals surface area contributed by atoms with Gasteiger partial charge in [0.15, 0.2) is 0 Å². The first kappa shape index (κ1) is 15.0. The van der Waals surface area contributed by atoms with E-state index in [1.807, 2.05) is 0 Å². The highest BCUT2D eigenvalue weighted by Gasteiger charge is 2.26. The molecule has 3 atom stereocenters. The van der Waals surface area contributed by atoms with Crippen LogP contribution in [-0.4, -0.2) is 18.2 Å². The van der Waals surface area contributed by atoms with Gasteiger partial charge in [-0.05, 0) is 50.8 Å². The van der Waals surface area contributed by atoms with E-state index < -0.39 is 0 Å². The number of ether oxygens (including phenoxy) is 1. The van der Waals surface area contributed by atoms with E-state index in [0.717, 1.165) is 23.7 Å². The average molecular weight is 326 g/mol. The summed E-state index contributed by atoms with van der Waals surface area (Å²) in [6, 6.07) is 9.60. The SMILES string of the molecule is CC[C@H](NC1C[C@@H](C)O[C@H](C)C1)c1cccc(Br)c1. The smallest absolute Gasteiger partial charge is 0.0565 e. The van der Waals surface area contributed by atoms with Gasteiger partial charge in [0.05, 0.1) is 12.2 Å². The summed E-state index contributed by atoms with van der Waals surface area (Å²) in [4.78, 5) is 0. The summed E-state index contributed by atoms with van der Waals surface area (Å²) < 4.78 is 6.96. The topological polar surface area (TPSA) is 21.3 Å². The number of halogens is 1. The molecule has 2 rings (SSSR count). The van der Waals surface area contributed by atoms with Crippen LogP contribution in [0.3, 0.4) is 0 Å². The molecule has 0 amide bonds. The normalized spacial score (nSPS) is 29.2. The molecule has 0 unspecified atom stereocenters. The van der Waals surface area contributed by atoms with Crippen molar-refractivity contribution < 1.29 is 4.74 Å². The summed E-state index contributed by atoms with van der Waals surface area (Å²) in [6.07, 6.45) is 4.04. The lowest BCUT2D eigenvalue weighted by Crippen LogP contribution is -2.42. The fraction of sp³-hybridized carbons (Fsp3) is 0.625. The molecule has 1 aliphatic heterocycles. The van der Waals surface area contributed by atoms with Crippen LogP contribution in [0.15, 0.2) is 28.7 Å². The Balaban J connectivity index is 2.02. The van der Waals surface area contributed by atoms with Crippen molar-refractivity contribution in [3.05, 3.63) is 34.3 Å². The molecule has 106 valence electrons. The molecular weight excluding hydrogens is 302 g/mol. The number of benzene rings is 1. The maximum Gasteiger partial charge on any atom is 0.0565 e. The third kappa shape index (κ3) is 4.30. The van der Waals surface area contributed by atoms with Crippen LogP contribution in [0.25, 0.3) is 0 Å². The van der Waals surface area contributed by atoms with Gasteiger partial charge in [-0.25, -0.2) is 0 Å². The monoisotopic (exact) mass is 325 g/mol. The van der Waals surface area contributed by atoms with Crippen molar-refractivity contribution in [3.8, 4) is 0 Å². The van der Waals surface area contributed by atoms with Crippen molar-refractivity contribution in [3.63, 3.8) is 0 Å². The molecule has 0 bridgehead atoms. The van der Waals surface area contributed by atoms with Crippen molar-refractivity contribution in [1.29, 1.82) is 0 Å². The van der Waals surface area contributed by atoms with E-state index in [2.05, 4.69) is 66.3 Å². The van der Waals surface area contributed by atoms with E-state index in [0.29, 0.717) is 24.3 Å². The lowest BCUT2D eigenvalue weighted by atomic mass is 9.96. The molecule has 1 aliphatic rings. The first-order valence-electron chi connectivity index (χ1n) is 7.25. The zero-order valence-corrected chi connectivity index (χ0v) is 13.6. The second kappa shape index (κ2) is 6.87. The summed E-state index contributed by atoms with van der Waals surface area (Å²) >= 11 is 3.56. The third-order valence-corrected chi connectivity index (χ3v) is 4.29. The van der Waals surface area contributed by atoms with Gasteiger partial charge in [-0.15, -0.1) is 0 Å². The molecule has 1 heterocycles. The van der Waals surface area contributed by atoms with Gasteiger partial charge in [-0.1, -0.05) is 35.0 Å². The molecule has 0 radical (unpaired) electrons. The fourth-order valence-corrected chi connectivity index (χ4v) is 3.42. The van der Waals surface area contributed by atoms with Crippen LogP contribution in [0, 0.1) is 0 Å². The highest BCUT2D eigenvalue weighted by Crippen LogP contribution is 2.25. The van der Waals surface area contributed by atoms with E-state index in [1.54, 1.807) is 0 Å². The maximum absolute atomic E-state index is 5.81. The van der Waals surface area contributed by atoms with E-state index in [1.165, 1.54) is 5.56 Å². The van der Waals surface area contributed by atoms with Crippen LogP contribution < -0.4 is 5.32 Å². The van der Waals surface area contributed by atoms with Crippen LogP contribution in [-0.2, 0) is 4.74 Å². The van der Waals surface area contributed by atoms with Crippen LogP contribution in [0.5, 0.6) is 0 Å². The lowest BCUT2D eigenvalue weighted by Gasteiger charge is -2.35. The maximum atomic E-state index is 5.81. The lowest BCUT2D eigenvalue weighted by molar-refractivity contribution is -0.0437. The molecule has 0 aliphatic carbocycles. The summed E-state index contributed by atoms with van der Waals surface area (Å²) in [5.74, 6) is 0. The summed E-state index contributed by atoms with van der Waals surface area (Å²) in [5, 5.41) is 3.81. The molecular formula is C16H24BrNO. The Morgan fingerprint density at radius 1 is 1.32 bits per heavy atom. The Morgan fingerprint density at radius 3 is 2.58 bits per heavy atom. The van der Waals surface area contributed by atoms with Crippen molar-refractivity contribution >= 4 is 15.9 Å². The second-order valence-electron chi connectivity index (χ2n) is 5.61. The molecule has 1 fully saturated rings. The van der Waals surface area contributed by atoms with Crippen molar-refractivity contribution in [1.82, 2.24) is 5.32 Å². The van der Waals surface area contributed by atoms with Crippen LogP contribution >= 0.6 is 15.9 Å². The Bertz CT molecular complexity index is 399. The minimum absolute atomic E-state index is 0.362. The number of hydrogen-bond acceptors (Lipinski definition) is 2. The molecule has 1 saturated heterocycles. The molecule has 3 heteroatoms. The molecule has 1 N–H and O–H groups in total. The van der Waals surface area contributed by atoms with Gasteiger partial charge >= 0.3 is 0 Å². The fourth-order valence-electron chi connectivity index (χ4n) is 3.00. The van der Waals surface area contributed by atoms with E-state index in [-0.39, 0.29) is 0 Å². The van der Waals surface area contributed by atoms with Gasteiger partial charge < -0.3 is 10.1 Å². The average Bonchev–Trinajstić information content (AvgIpc) is 2.34. The highest BCUT2D eigenvalue weighted by atomic mass is 79.9. The molecule has 0 spiro atoms. The third-order valence-electron chi connectivity index (χ3n) is 3.79. The highest BCUT2D eigenvalue weighted by molar-refractivity contribution is 9.10. The zero-order valence-electron chi connectivity index (χ0n) is 12.0. The van der Waals surface area contributed by atoms with Crippen molar-refractivity contribution in [2.75, 3.05) is 0 Å². The summed E-state index contributed by atoms with van der Waals surface area (Å²) in [5.41, 5.74) is 1.36. The quantitative estimate of drug-likeness (QED) is 0.883. The predicted octanol–water partition coefficient (Wildman–Crippen LogP) is 4.45. The van der Waals surface area contributed by atoms with Gasteiger partial charge in [0, 0.05) is 16.6 Å². The second-order valence-corrected chi connectivity index (χ2v) is 6.52. The Kier molecular flexibility index (Phi) is 5.43. The van der Waals surface area contributed by atoms with Crippen LogP contribution in [0.1, 0.15) is 51.6 Å². The predicted molar refractivity (Wildman–Crippen MR) is 83.3 cm³/mol. The van der Waals surface area contributed by atoms with Gasteiger partial charge in [0.25, 0.3) is 0 Å². The minimum atomic E-state index is 0.362. The summed E-state index contributed by atoms with van der Waals surface area (Å²) in [7, 11) is 0. The first-order valence-corrected chi connectivity index (χ1v) is 8.04. The number of hydrogen-bond donors (Lipinski definition) is 1. The summed E-state index contributed by atoms with van der Waals surface area (Å²) in [6.45, 7) is 6.58. The van der Waals surface area contributed by atoms with Gasteiger partial charge in [-0.3, -0.25) is 0 Å². The molecule has 2 nitrogen and oxygen atoms in total. The molecule has 1 aromatic rings. The van der Waals surface area contributed by atoms with E-state index in [9.17, 15) is 0 Å². The van der Waals surface area contributed by atoms with Crippen LogP contribution in [0.2, 0.25) is 0 Å². The van der Waals surface area contributed by atoms with Gasteiger partial charge in [0.2, 0.25) is 0 Å². The van der Waals surface area contributed by atoms with E-state index >= 15 is 0 Å². The van der Waals surface area contributed by atoms with Crippen LogP contribution in [0.4, 0.5) is 0 Å². The van der Waals surface area contributed by atoms with E-state index in [4.69, 9.17) is 4.74 Å². The first-order chi connectivity index (χ1) is 9.08. The molecule has 0 aromatic heterocycles. The Hall–Kier alpha value is -0.380. The van der Waals surface area contributed by atoms with Gasteiger partial charge in [-0.2, -0.15) is 0 Å². The zero-order chi connectivity index (χ0) is 13.8. The Labute approximate surface area is 125 Å². The standard InChI is InChI=1S/C16H24BrNO/c1-4-16(13-6-5-7-14(17)10-13)18-15-8-11(2)19-12(3)9-15/h5-7,10-12,15-16,18H,4,8-9H2,1-3H3/t11-,12-,16+/m1/s1. The molecule has 1 aromatic carbocycles.